The molecule has 2 aliphatic rings. The van der Waals surface area contributed by atoms with Crippen LogP contribution in [0.1, 0.15) is 42.5 Å². The highest BCUT2D eigenvalue weighted by Crippen LogP contribution is 2.35. The van der Waals surface area contributed by atoms with Gasteiger partial charge < -0.3 is 11.1 Å². The minimum atomic E-state index is -0.460. The number of rotatable bonds is 4. The summed E-state index contributed by atoms with van der Waals surface area (Å²) in [6.45, 7) is 2.52. The fourth-order valence-electron chi connectivity index (χ4n) is 3.94. The third kappa shape index (κ3) is 4.10. The zero-order valence-corrected chi connectivity index (χ0v) is 13.5. The Morgan fingerprint density at radius 2 is 1.78 bits per heavy atom. The third-order valence-corrected chi connectivity index (χ3v) is 5.20. The molecule has 5 heteroatoms. The van der Waals surface area contributed by atoms with E-state index in [9.17, 15) is 9.59 Å². The summed E-state index contributed by atoms with van der Waals surface area (Å²) < 4.78 is 0. The van der Waals surface area contributed by atoms with Crippen LogP contribution in [0.3, 0.4) is 0 Å². The summed E-state index contributed by atoms with van der Waals surface area (Å²) in [4.78, 5) is 25.5. The van der Waals surface area contributed by atoms with Crippen LogP contribution in [-0.2, 0) is 4.79 Å². The van der Waals surface area contributed by atoms with Crippen LogP contribution in [0.15, 0.2) is 24.3 Å². The normalized spacial score (nSPS) is 24.7. The number of fused-ring (bicyclic) bond motifs is 1. The number of hydrogen-bond donors (Lipinski definition) is 2. The van der Waals surface area contributed by atoms with Crippen molar-refractivity contribution in [3.8, 4) is 0 Å². The lowest BCUT2D eigenvalue weighted by Crippen LogP contribution is -2.44. The molecule has 5 nitrogen and oxygen atoms in total. The van der Waals surface area contributed by atoms with Crippen molar-refractivity contribution in [1.29, 1.82) is 0 Å². The van der Waals surface area contributed by atoms with Crippen molar-refractivity contribution in [2.75, 3.05) is 25.0 Å². The standard InChI is InChI=1S/C18H25N3O2/c19-18(23)14-5-7-16(8-6-14)20-17(22)12-21-10-9-13-3-1-2-4-15(13)11-21/h5-8,13,15H,1-4,9-12H2,(H2,19,23)(H,20,22)/t13-,15-/m1/s1. The summed E-state index contributed by atoms with van der Waals surface area (Å²) in [6, 6.07) is 6.69. The lowest BCUT2D eigenvalue weighted by atomic mass is 9.75. The molecule has 1 saturated carbocycles. The Morgan fingerprint density at radius 1 is 1.09 bits per heavy atom. The first kappa shape index (κ1) is 16.0. The van der Waals surface area contributed by atoms with Crippen LogP contribution in [0.5, 0.6) is 0 Å². The fraction of sp³-hybridized carbons (Fsp3) is 0.556. The Balaban J connectivity index is 1.50. The van der Waals surface area contributed by atoms with Crippen LogP contribution >= 0.6 is 0 Å². The number of benzene rings is 1. The largest absolute Gasteiger partial charge is 0.366 e. The van der Waals surface area contributed by atoms with E-state index < -0.39 is 5.91 Å². The van der Waals surface area contributed by atoms with E-state index in [2.05, 4.69) is 10.2 Å². The van der Waals surface area contributed by atoms with Crippen LogP contribution in [0.2, 0.25) is 0 Å². The molecule has 0 unspecified atom stereocenters. The molecule has 1 aliphatic heterocycles. The van der Waals surface area contributed by atoms with Gasteiger partial charge in [0, 0.05) is 17.8 Å². The summed E-state index contributed by atoms with van der Waals surface area (Å²) in [5, 5.41) is 2.89. The summed E-state index contributed by atoms with van der Waals surface area (Å²) in [5.74, 6) is 1.20. The number of carbonyl (C=O) groups is 2. The van der Waals surface area contributed by atoms with Crippen molar-refractivity contribution in [2.24, 2.45) is 17.6 Å². The van der Waals surface area contributed by atoms with Gasteiger partial charge in [-0.05, 0) is 55.5 Å². The van der Waals surface area contributed by atoms with E-state index in [-0.39, 0.29) is 5.91 Å². The average molecular weight is 315 g/mol. The van der Waals surface area contributed by atoms with E-state index in [0.717, 1.165) is 24.9 Å². The Morgan fingerprint density at radius 3 is 2.48 bits per heavy atom. The Labute approximate surface area is 137 Å². The van der Waals surface area contributed by atoms with E-state index in [0.29, 0.717) is 17.8 Å². The number of primary amides is 1. The molecular formula is C18H25N3O2. The molecule has 3 N–H and O–H groups in total. The Kier molecular flexibility index (Phi) is 4.96. The van der Waals surface area contributed by atoms with E-state index >= 15 is 0 Å². The molecule has 0 aromatic heterocycles. The van der Waals surface area contributed by atoms with Gasteiger partial charge in [0.2, 0.25) is 11.8 Å². The minimum absolute atomic E-state index is 0.00563. The number of likely N-dealkylation sites (tertiary alicyclic amines) is 1. The maximum Gasteiger partial charge on any atom is 0.248 e. The second-order valence-electron chi connectivity index (χ2n) is 6.82. The molecule has 2 amide bonds. The summed E-state index contributed by atoms with van der Waals surface area (Å²) in [6.07, 6.45) is 6.63. The van der Waals surface area contributed by atoms with Crippen molar-refractivity contribution in [1.82, 2.24) is 4.90 Å². The summed E-state index contributed by atoms with van der Waals surface area (Å²) in [5.41, 5.74) is 6.36. The van der Waals surface area contributed by atoms with E-state index in [4.69, 9.17) is 5.73 Å². The monoisotopic (exact) mass is 315 g/mol. The molecule has 2 fully saturated rings. The van der Waals surface area contributed by atoms with Crippen LogP contribution in [-0.4, -0.2) is 36.3 Å². The first-order chi connectivity index (χ1) is 11.1. The van der Waals surface area contributed by atoms with Crippen molar-refractivity contribution in [3.63, 3.8) is 0 Å². The minimum Gasteiger partial charge on any atom is -0.366 e. The topological polar surface area (TPSA) is 75.4 Å². The Bertz CT molecular complexity index is 570. The van der Waals surface area contributed by atoms with E-state index in [1.165, 1.54) is 32.1 Å². The number of nitrogens with zero attached hydrogens (tertiary/aromatic N) is 1. The molecule has 2 atom stereocenters. The van der Waals surface area contributed by atoms with Crippen molar-refractivity contribution in [3.05, 3.63) is 29.8 Å². The highest BCUT2D eigenvalue weighted by atomic mass is 16.2. The third-order valence-electron chi connectivity index (χ3n) is 5.20. The van der Waals surface area contributed by atoms with Gasteiger partial charge in [0.1, 0.15) is 0 Å². The number of nitrogens with one attached hydrogen (secondary N) is 1. The van der Waals surface area contributed by atoms with Gasteiger partial charge in [0.15, 0.2) is 0 Å². The molecule has 1 aromatic carbocycles. The van der Waals surface area contributed by atoms with Gasteiger partial charge >= 0.3 is 0 Å². The lowest BCUT2D eigenvalue weighted by molar-refractivity contribution is -0.118. The maximum atomic E-state index is 12.2. The molecule has 23 heavy (non-hydrogen) atoms. The number of hydrogen-bond acceptors (Lipinski definition) is 3. The number of amides is 2. The van der Waals surface area contributed by atoms with E-state index in [1.54, 1.807) is 24.3 Å². The smallest absolute Gasteiger partial charge is 0.248 e. The molecule has 3 rings (SSSR count). The fourth-order valence-corrected chi connectivity index (χ4v) is 3.94. The molecular weight excluding hydrogens is 290 g/mol. The summed E-state index contributed by atoms with van der Waals surface area (Å²) >= 11 is 0. The molecule has 0 bridgehead atoms. The van der Waals surface area contributed by atoms with Gasteiger partial charge in [-0.1, -0.05) is 19.3 Å². The van der Waals surface area contributed by atoms with Crippen LogP contribution < -0.4 is 11.1 Å². The highest BCUT2D eigenvalue weighted by molar-refractivity contribution is 5.95. The Hall–Kier alpha value is -1.88. The maximum absolute atomic E-state index is 12.2. The first-order valence-corrected chi connectivity index (χ1v) is 8.54. The zero-order chi connectivity index (χ0) is 16.2. The van der Waals surface area contributed by atoms with Gasteiger partial charge in [-0.15, -0.1) is 0 Å². The molecule has 0 spiro atoms. The number of piperidine rings is 1. The van der Waals surface area contributed by atoms with Crippen LogP contribution in [0.4, 0.5) is 5.69 Å². The van der Waals surface area contributed by atoms with Crippen LogP contribution in [0.25, 0.3) is 0 Å². The highest BCUT2D eigenvalue weighted by Gasteiger charge is 2.31. The molecule has 1 saturated heterocycles. The van der Waals surface area contributed by atoms with Gasteiger partial charge in [0.05, 0.1) is 6.54 Å². The van der Waals surface area contributed by atoms with Gasteiger partial charge in [-0.3, -0.25) is 14.5 Å². The average Bonchev–Trinajstić information content (AvgIpc) is 2.55. The molecule has 1 aliphatic carbocycles. The molecule has 124 valence electrons. The van der Waals surface area contributed by atoms with Crippen LogP contribution in [0, 0.1) is 11.8 Å². The lowest BCUT2D eigenvalue weighted by Gasteiger charge is -2.41. The predicted molar refractivity (Wildman–Crippen MR) is 90.1 cm³/mol. The van der Waals surface area contributed by atoms with Crippen molar-refractivity contribution in [2.45, 2.75) is 32.1 Å². The molecule has 0 radical (unpaired) electrons. The zero-order valence-electron chi connectivity index (χ0n) is 13.5. The number of anilines is 1. The molecule has 1 aromatic rings. The van der Waals surface area contributed by atoms with Gasteiger partial charge in [-0.2, -0.15) is 0 Å². The van der Waals surface area contributed by atoms with Gasteiger partial charge in [-0.25, -0.2) is 0 Å². The first-order valence-electron chi connectivity index (χ1n) is 8.54. The quantitative estimate of drug-likeness (QED) is 0.894. The summed E-state index contributed by atoms with van der Waals surface area (Å²) in [7, 11) is 0. The van der Waals surface area contributed by atoms with Crippen molar-refractivity contribution < 1.29 is 9.59 Å². The van der Waals surface area contributed by atoms with Gasteiger partial charge in [0.25, 0.3) is 0 Å². The van der Waals surface area contributed by atoms with Crippen molar-refractivity contribution >= 4 is 17.5 Å². The number of nitrogens with two attached hydrogens (primary N) is 1. The SMILES string of the molecule is NC(=O)c1ccc(NC(=O)CN2CC[C@H]3CCCC[C@@H]3C2)cc1. The van der Waals surface area contributed by atoms with E-state index in [1.807, 2.05) is 0 Å². The predicted octanol–water partition coefficient (Wildman–Crippen LogP) is 2.24. The second kappa shape index (κ2) is 7.13. The second-order valence-corrected chi connectivity index (χ2v) is 6.82. The number of carbonyl (C=O) groups excluding carboxylic acids is 2. The molecule has 1 heterocycles.